The molecule has 0 N–H and O–H groups in total. The first kappa shape index (κ1) is 15.3. The lowest BCUT2D eigenvalue weighted by Gasteiger charge is -2.07. The zero-order valence-electron chi connectivity index (χ0n) is 13.0. The van der Waals surface area contributed by atoms with Gasteiger partial charge < -0.3 is 0 Å². The van der Waals surface area contributed by atoms with E-state index in [1.807, 2.05) is 11.3 Å². The molecule has 20 heavy (non-hydrogen) atoms. The van der Waals surface area contributed by atoms with Crippen molar-refractivity contribution in [1.82, 2.24) is 0 Å². The van der Waals surface area contributed by atoms with E-state index >= 15 is 0 Å². The fraction of sp³-hybridized carbons (Fsp3) is 0.474. The average Bonchev–Trinajstić information content (AvgIpc) is 2.82. The number of thiophene rings is 1. The Morgan fingerprint density at radius 2 is 1.70 bits per heavy atom. The molecular weight excluding hydrogens is 260 g/mol. The highest BCUT2D eigenvalue weighted by molar-refractivity contribution is 7.11. The highest BCUT2D eigenvalue weighted by atomic mass is 32.1. The summed E-state index contributed by atoms with van der Waals surface area (Å²) in [6.07, 6.45) is 6.21. The molecule has 1 heteroatoms. The van der Waals surface area contributed by atoms with E-state index in [4.69, 9.17) is 0 Å². The molecule has 0 aliphatic heterocycles. The molecule has 1 aromatic heterocycles. The van der Waals surface area contributed by atoms with Crippen LogP contribution in [0.15, 0.2) is 36.4 Å². The molecule has 0 saturated heterocycles. The predicted octanol–water partition coefficient (Wildman–Crippen LogP) is 5.82. The highest BCUT2D eigenvalue weighted by Gasteiger charge is 2.01. The fourth-order valence-electron chi connectivity index (χ4n) is 2.54. The molecule has 0 spiro atoms. The lowest BCUT2D eigenvalue weighted by atomic mass is 10.00. The third-order valence-corrected chi connectivity index (χ3v) is 4.75. The molecule has 0 radical (unpaired) electrons. The summed E-state index contributed by atoms with van der Waals surface area (Å²) in [4.78, 5) is 2.93. The maximum atomic E-state index is 2.40. The summed E-state index contributed by atoms with van der Waals surface area (Å²) in [6, 6.07) is 13.7. The van der Waals surface area contributed by atoms with E-state index in [1.54, 1.807) is 0 Å². The third kappa shape index (κ3) is 5.13. The van der Waals surface area contributed by atoms with Crippen LogP contribution in [0.1, 0.15) is 47.6 Å². The quantitative estimate of drug-likeness (QED) is 0.601. The van der Waals surface area contributed by atoms with E-state index in [1.165, 1.54) is 46.6 Å². The number of hydrogen-bond donors (Lipinski definition) is 0. The second-order valence-corrected chi connectivity index (χ2v) is 7.49. The van der Waals surface area contributed by atoms with Crippen molar-refractivity contribution in [1.29, 1.82) is 0 Å². The zero-order chi connectivity index (χ0) is 14.4. The van der Waals surface area contributed by atoms with Crippen molar-refractivity contribution >= 4 is 11.3 Å². The summed E-state index contributed by atoms with van der Waals surface area (Å²) in [5.41, 5.74) is 2.99. The Bertz CT molecular complexity index is 522. The van der Waals surface area contributed by atoms with E-state index < -0.39 is 0 Å². The lowest BCUT2D eigenvalue weighted by molar-refractivity contribution is 0.555. The van der Waals surface area contributed by atoms with Gasteiger partial charge in [-0.05, 0) is 61.8 Å². The Kier molecular flexibility index (Phi) is 5.85. The first-order chi connectivity index (χ1) is 9.63. The van der Waals surface area contributed by atoms with E-state index in [9.17, 15) is 0 Å². The molecule has 0 aliphatic rings. The topological polar surface area (TPSA) is 0 Å². The van der Waals surface area contributed by atoms with E-state index in [2.05, 4.69) is 57.2 Å². The van der Waals surface area contributed by atoms with Gasteiger partial charge in [0.15, 0.2) is 0 Å². The van der Waals surface area contributed by atoms with Gasteiger partial charge in [-0.3, -0.25) is 0 Å². The van der Waals surface area contributed by atoms with Gasteiger partial charge in [0.25, 0.3) is 0 Å². The van der Waals surface area contributed by atoms with Crippen molar-refractivity contribution in [3.05, 3.63) is 57.3 Å². The maximum Gasteiger partial charge on any atom is 0.00513 e. The Balaban J connectivity index is 1.85. The van der Waals surface area contributed by atoms with Crippen LogP contribution in [0.5, 0.6) is 0 Å². The standard InChI is InChI=1S/C19H26S/c1-15(2)6-4-7-17-8-5-9-18(14-17)11-13-19-12-10-16(3)20-19/h5,8-10,12,14-15H,4,6-7,11,13H2,1-3H3. The van der Waals surface area contributed by atoms with Crippen LogP contribution in [-0.2, 0) is 19.3 Å². The Labute approximate surface area is 127 Å². The summed E-state index contributed by atoms with van der Waals surface area (Å²) in [6.45, 7) is 6.79. The van der Waals surface area contributed by atoms with Crippen molar-refractivity contribution in [2.24, 2.45) is 5.92 Å². The Morgan fingerprint density at radius 3 is 2.35 bits per heavy atom. The highest BCUT2D eigenvalue weighted by Crippen LogP contribution is 2.18. The minimum atomic E-state index is 0.820. The molecule has 1 aromatic carbocycles. The van der Waals surface area contributed by atoms with Crippen LogP contribution in [0, 0.1) is 12.8 Å². The van der Waals surface area contributed by atoms with E-state index in [-0.39, 0.29) is 0 Å². The molecule has 0 unspecified atom stereocenters. The number of hydrogen-bond acceptors (Lipinski definition) is 1. The van der Waals surface area contributed by atoms with Gasteiger partial charge >= 0.3 is 0 Å². The first-order valence-corrected chi connectivity index (χ1v) is 8.58. The molecule has 108 valence electrons. The lowest BCUT2D eigenvalue weighted by Crippen LogP contribution is -1.94. The van der Waals surface area contributed by atoms with Gasteiger partial charge in [-0.15, -0.1) is 11.3 Å². The summed E-state index contributed by atoms with van der Waals surface area (Å²) in [5, 5.41) is 0. The normalized spacial score (nSPS) is 11.2. The van der Waals surface area contributed by atoms with Crippen LogP contribution in [0.2, 0.25) is 0 Å². The smallest absolute Gasteiger partial charge is 0.00513 e. The second kappa shape index (κ2) is 7.64. The van der Waals surface area contributed by atoms with Crippen LogP contribution in [0.3, 0.4) is 0 Å². The average molecular weight is 286 g/mol. The molecule has 0 saturated carbocycles. The number of benzene rings is 1. The molecule has 0 nitrogen and oxygen atoms in total. The monoisotopic (exact) mass is 286 g/mol. The SMILES string of the molecule is Cc1ccc(CCc2cccc(CCCC(C)C)c2)s1. The van der Waals surface area contributed by atoms with E-state index in [0.29, 0.717) is 0 Å². The van der Waals surface area contributed by atoms with Gasteiger partial charge in [0.1, 0.15) is 0 Å². The van der Waals surface area contributed by atoms with Crippen LogP contribution in [0.4, 0.5) is 0 Å². The van der Waals surface area contributed by atoms with Crippen LogP contribution < -0.4 is 0 Å². The van der Waals surface area contributed by atoms with Gasteiger partial charge in [-0.25, -0.2) is 0 Å². The minimum absolute atomic E-state index is 0.820. The molecule has 2 rings (SSSR count). The second-order valence-electron chi connectivity index (χ2n) is 6.12. The molecule has 1 heterocycles. The van der Waals surface area contributed by atoms with Crippen molar-refractivity contribution in [2.75, 3.05) is 0 Å². The Morgan fingerprint density at radius 1 is 0.950 bits per heavy atom. The summed E-state index contributed by atoms with van der Waals surface area (Å²) >= 11 is 1.93. The third-order valence-electron chi connectivity index (χ3n) is 3.69. The maximum absolute atomic E-state index is 2.40. The van der Waals surface area contributed by atoms with Gasteiger partial charge in [0.2, 0.25) is 0 Å². The van der Waals surface area contributed by atoms with Gasteiger partial charge in [-0.2, -0.15) is 0 Å². The van der Waals surface area contributed by atoms with Crippen molar-refractivity contribution in [3.8, 4) is 0 Å². The summed E-state index contributed by atoms with van der Waals surface area (Å²) in [7, 11) is 0. The molecule has 0 aliphatic carbocycles. The van der Waals surface area contributed by atoms with Crippen LogP contribution in [-0.4, -0.2) is 0 Å². The molecule has 2 aromatic rings. The predicted molar refractivity (Wildman–Crippen MR) is 90.7 cm³/mol. The molecular formula is C19H26S. The van der Waals surface area contributed by atoms with Gasteiger partial charge in [0, 0.05) is 9.75 Å². The summed E-state index contributed by atoms with van der Waals surface area (Å²) in [5.74, 6) is 0.820. The van der Waals surface area contributed by atoms with Crippen molar-refractivity contribution in [2.45, 2.75) is 52.9 Å². The van der Waals surface area contributed by atoms with E-state index in [0.717, 1.165) is 12.3 Å². The number of rotatable bonds is 7. The van der Waals surface area contributed by atoms with Gasteiger partial charge in [0.05, 0.1) is 0 Å². The first-order valence-electron chi connectivity index (χ1n) is 7.76. The van der Waals surface area contributed by atoms with Crippen LogP contribution >= 0.6 is 11.3 Å². The largest absolute Gasteiger partial charge is 0.146 e. The van der Waals surface area contributed by atoms with Crippen molar-refractivity contribution in [3.63, 3.8) is 0 Å². The molecule has 0 atom stereocenters. The fourth-order valence-corrected chi connectivity index (χ4v) is 3.43. The Hall–Kier alpha value is -1.08. The van der Waals surface area contributed by atoms with Crippen LogP contribution in [0.25, 0.3) is 0 Å². The van der Waals surface area contributed by atoms with Crippen molar-refractivity contribution < 1.29 is 0 Å². The molecule has 0 fully saturated rings. The number of aryl methyl sites for hydroxylation is 4. The molecule has 0 amide bonds. The zero-order valence-corrected chi connectivity index (χ0v) is 13.8. The van der Waals surface area contributed by atoms with Gasteiger partial charge in [-0.1, -0.05) is 44.5 Å². The minimum Gasteiger partial charge on any atom is -0.146 e. The molecule has 0 bridgehead atoms. The summed E-state index contributed by atoms with van der Waals surface area (Å²) < 4.78 is 0.